The first kappa shape index (κ1) is 17.3. The number of benzene rings is 2. The molecule has 1 N–H and O–H groups in total. The van der Waals surface area contributed by atoms with Crippen molar-refractivity contribution in [3.63, 3.8) is 0 Å². The van der Waals surface area contributed by atoms with Gasteiger partial charge in [-0.25, -0.2) is 13.4 Å². The minimum absolute atomic E-state index is 0.168. The first-order valence-electron chi connectivity index (χ1n) is 9.29. The van der Waals surface area contributed by atoms with Crippen LogP contribution < -0.4 is 5.32 Å². The highest BCUT2D eigenvalue weighted by Crippen LogP contribution is 2.56. The van der Waals surface area contributed by atoms with Crippen molar-refractivity contribution in [3.05, 3.63) is 53.7 Å². The second-order valence-electron chi connectivity index (χ2n) is 8.01. The molecular formula is C21H17N3O3S2. The van der Waals surface area contributed by atoms with E-state index in [4.69, 9.17) is 4.74 Å². The summed E-state index contributed by atoms with van der Waals surface area (Å²) >= 11 is 1.60. The van der Waals surface area contributed by atoms with Crippen LogP contribution in [0.3, 0.4) is 0 Å². The molecule has 4 heterocycles. The summed E-state index contributed by atoms with van der Waals surface area (Å²) in [7, 11) is -3.52. The molecule has 2 unspecified atom stereocenters. The van der Waals surface area contributed by atoms with E-state index in [0.717, 1.165) is 38.1 Å². The number of ether oxygens (including phenoxy) is 1. The number of rotatable bonds is 2. The zero-order valence-electron chi connectivity index (χ0n) is 15.7. The van der Waals surface area contributed by atoms with E-state index >= 15 is 0 Å². The first-order valence-corrected chi connectivity index (χ1v) is 11.7. The van der Waals surface area contributed by atoms with Crippen LogP contribution in [0, 0.1) is 0 Å². The van der Waals surface area contributed by atoms with Gasteiger partial charge in [0.25, 0.3) is 0 Å². The lowest BCUT2D eigenvalue weighted by Gasteiger charge is -2.28. The summed E-state index contributed by atoms with van der Waals surface area (Å²) < 4.78 is 32.4. The highest BCUT2D eigenvalue weighted by atomic mass is 32.2. The molecule has 1 fully saturated rings. The minimum atomic E-state index is -3.52. The quantitative estimate of drug-likeness (QED) is 0.475. The van der Waals surface area contributed by atoms with E-state index in [0.29, 0.717) is 4.90 Å². The summed E-state index contributed by atoms with van der Waals surface area (Å²) in [5.41, 5.74) is 5.91. The number of sulfone groups is 1. The van der Waals surface area contributed by atoms with E-state index in [1.165, 1.54) is 0 Å². The van der Waals surface area contributed by atoms with Gasteiger partial charge in [0.2, 0.25) is 0 Å². The van der Waals surface area contributed by atoms with Crippen LogP contribution in [0.25, 0.3) is 21.1 Å². The molecule has 4 aromatic rings. The molecule has 6 rings (SSSR count). The van der Waals surface area contributed by atoms with Crippen LogP contribution in [0.4, 0.5) is 11.4 Å². The summed E-state index contributed by atoms with van der Waals surface area (Å²) in [6, 6.07) is 11.5. The summed E-state index contributed by atoms with van der Waals surface area (Å²) in [6.07, 6.45) is 1.27. The predicted molar refractivity (Wildman–Crippen MR) is 114 cm³/mol. The number of hydrogen-bond donors (Lipinski definition) is 1. The molecule has 0 amide bonds. The summed E-state index contributed by atoms with van der Waals surface area (Å²) in [4.78, 5) is 9.18. The topological polar surface area (TPSA) is 84.5 Å². The van der Waals surface area contributed by atoms with Gasteiger partial charge in [-0.05, 0) is 50.2 Å². The molecule has 2 aromatic heterocycles. The van der Waals surface area contributed by atoms with Crippen molar-refractivity contribution < 1.29 is 13.2 Å². The SMILES string of the molecule is CC1(C)C2OC2c2cc3nccc(Nc4ccc5scnc5c4)c3cc2S1(=O)=O. The number of aromatic nitrogens is 2. The lowest BCUT2D eigenvalue weighted by atomic mass is 9.99. The molecule has 0 saturated carbocycles. The van der Waals surface area contributed by atoms with Gasteiger partial charge in [-0.15, -0.1) is 11.3 Å². The number of fused-ring (bicyclic) bond motifs is 5. The third kappa shape index (κ3) is 2.33. The van der Waals surface area contributed by atoms with Crippen molar-refractivity contribution in [2.24, 2.45) is 0 Å². The molecule has 0 radical (unpaired) electrons. The molecular weight excluding hydrogens is 406 g/mol. The van der Waals surface area contributed by atoms with Crippen LogP contribution in [0.2, 0.25) is 0 Å². The molecule has 0 aliphatic carbocycles. The maximum absolute atomic E-state index is 13.3. The van der Waals surface area contributed by atoms with Gasteiger partial charge in [0.1, 0.15) is 17.0 Å². The highest BCUT2D eigenvalue weighted by molar-refractivity contribution is 7.93. The third-order valence-electron chi connectivity index (χ3n) is 5.95. The standard InChI is InChI=1S/C21H17N3O3S2/c1-21(2)20-19(27-20)13-8-15-12(9-18(13)29(21,25)26)14(5-6-22-15)24-11-3-4-17-16(7-11)23-10-28-17/h3-10,19-20H,1-2H3,(H,22,24). The molecule has 1 saturated heterocycles. The van der Waals surface area contributed by atoms with E-state index in [2.05, 4.69) is 15.3 Å². The summed E-state index contributed by atoms with van der Waals surface area (Å²) in [5.74, 6) is 0. The fourth-order valence-electron chi connectivity index (χ4n) is 4.16. The van der Waals surface area contributed by atoms with Gasteiger partial charge >= 0.3 is 0 Å². The summed E-state index contributed by atoms with van der Waals surface area (Å²) in [6.45, 7) is 3.48. The van der Waals surface area contributed by atoms with Crippen LogP contribution >= 0.6 is 11.3 Å². The Morgan fingerprint density at radius 1 is 1.10 bits per heavy atom. The Morgan fingerprint density at radius 3 is 2.83 bits per heavy atom. The molecule has 146 valence electrons. The molecule has 2 aromatic carbocycles. The van der Waals surface area contributed by atoms with Crippen LogP contribution in [-0.2, 0) is 14.6 Å². The number of hydrogen-bond acceptors (Lipinski definition) is 7. The fraction of sp³-hybridized carbons (Fsp3) is 0.238. The van der Waals surface area contributed by atoms with Gasteiger partial charge < -0.3 is 10.1 Å². The second kappa shape index (κ2) is 5.53. The maximum atomic E-state index is 13.3. The molecule has 2 aliphatic heterocycles. The Balaban J connectivity index is 1.52. The molecule has 8 heteroatoms. The average molecular weight is 424 g/mol. The van der Waals surface area contributed by atoms with E-state index in [1.54, 1.807) is 37.4 Å². The normalized spacial score (nSPS) is 23.5. The molecule has 0 spiro atoms. The van der Waals surface area contributed by atoms with Gasteiger partial charge in [-0.2, -0.15) is 0 Å². The van der Waals surface area contributed by atoms with Crippen molar-refractivity contribution in [2.75, 3.05) is 5.32 Å². The third-order valence-corrected chi connectivity index (χ3v) is 9.31. The van der Waals surface area contributed by atoms with Crippen molar-refractivity contribution in [1.82, 2.24) is 9.97 Å². The molecule has 6 nitrogen and oxygen atoms in total. The fourth-order valence-corrected chi connectivity index (χ4v) is 6.63. The van der Waals surface area contributed by atoms with E-state index in [1.807, 2.05) is 35.8 Å². The molecule has 2 atom stereocenters. The lowest BCUT2D eigenvalue weighted by molar-refractivity contribution is 0.346. The Hall–Kier alpha value is -2.55. The zero-order valence-corrected chi connectivity index (χ0v) is 17.3. The minimum Gasteiger partial charge on any atom is -0.363 e. The Morgan fingerprint density at radius 2 is 1.97 bits per heavy atom. The lowest BCUT2D eigenvalue weighted by Crippen LogP contribution is -2.41. The van der Waals surface area contributed by atoms with Crippen molar-refractivity contribution in [3.8, 4) is 0 Å². The monoisotopic (exact) mass is 423 g/mol. The van der Waals surface area contributed by atoms with Crippen LogP contribution in [-0.4, -0.2) is 29.2 Å². The van der Waals surface area contributed by atoms with Crippen LogP contribution in [0.1, 0.15) is 25.5 Å². The first-order chi connectivity index (χ1) is 13.9. The van der Waals surface area contributed by atoms with Crippen LogP contribution in [0.15, 0.2) is 53.0 Å². The van der Waals surface area contributed by atoms with Crippen LogP contribution in [0.5, 0.6) is 0 Å². The van der Waals surface area contributed by atoms with E-state index in [9.17, 15) is 8.42 Å². The highest BCUT2D eigenvalue weighted by Gasteiger charge is 2.62. The molecule has 29 heavy (non-hydrogen) atoms. The van der Waals surface area contributed by atoms with Gasteiger partial charge in [0.15, 0.2) is 9.84 Å². The number of nitrogens with one attached hydrogen (secondary N) is 1. The Bertz CT molecular complexity index is 1430. The Labute approximate surface area is 171 Å². The molecule has 0 bridgehead atoms. The smallest absolute Gasteiger partial charge is 0.186 e. The van der Waals surface area contributed by atoms with Crippen molar-refractivity contribution >= 4 is 53.7 Å². The second-order valence-corrected chi connectivity index (χ2v) is 11.4. The average Bonchev–Trinajstić information content (AvgIpc) is 3.38. The number of pyridine rings is 1. The summed E-state index contributed by atoms with van der Waals surface area (Å²) in [5, 5.41) is 4.17. The predicted octanol–water partition coefficient (Wildman–Crippen LogP) is 4.59. The number of anilines is 2. The Kier molecular flexibility index (Phi) is 3.30. The van der Waals surface area contributed by atoms with E-state index < -0.39 is 14.6 Å². The molecule has 2 aliphatic rings. The largest absolute Gasteiger partial charge is 0.363 e. The van der Waals surface area contributed by atoms with Gasteiger partial charge in [-0.1, -0.05) is 0 Å². The van der Waals surface area contributed by atoms with Crippen molar-refractivity contribution in [1.29, 1.82) is 0 Å². The number of epoxide rings is 1. The maximum Gasteiger partial charge on any atom is 0.186 e. The van der Waals surface area contributed by atoms with Crippen molar-refractivity contribution in [2.45, 2.75) is 35.7 Å². The zero-order chi connectivity index (χ0) is 20.0. The number of nitrogens with zero attached hydrogens (tertiary/aromatic N) is 2. The number of thiazole rings is 1. The van der Waals surface area contributed by atoms with Gasteiger partial charge in [0.05, 0.1) is 26.1 Å². The van der Waals surface area contributed by atoms with Gasteiger partial charge in [0, 0.05) is 28.5 Å². The van der Waals surface area contributed by atoms with E-state index in [-0.39, 0.29) is 12.2 Å². The van der Waals surface area contributed by atoms with Gasteiger partial charge in [-0.3, -0.25) is 4.98 Å².